The standard InChI is InChI=1S/C14H18BF4O.K/c1-9-5-10(2)7-12(6-9)20-14-8-11(16)3-4-13(14)15(17,18)19;/h3-4,8-10,12H,5-7H2,1-2H3;/q-1;+1. The monoisotopic (exact) mass is 328 g/mol. The van der Waals surface area contributed by atoms with Gasteiger partial charge in [-0.05, 0) is 37.2 Å². The normalized spacial score (nSPS) is 26.1. The molecule has 0 spiro atoms. The van der Waals surface area contributed by atoms with E-state index in [9.17, 15) is 17.3 Å². The summed E-state index contributed by atoms with van der Waals surface area (Å²) in [6.07, 6.45) is 2.21. The van der Waals surface area contributed by atoms with Crippen molar-refractivity contribution in [3.63, 3.8) is 0 Å². The summed E-state index contributed by atoms with van der Waals surface area (Å²) in [6.45, 7) is -1.07. The van der Waals surface area contributed by atoms with Gasteiger partial charge in [0.15, 0.2) is 0 Å². The molecule has 21 heavy (non-hydrogen) atoms. The van der Waals surface area contributed by atoms with Gasteiger partial charge in [0.25, 0.3) is 0 Å². The van der Waals surface area contributed by atoms with Gasteiger partial charge in [0, 0.05) is 6.07 Å². The van der Waals surface area contributed by atoms with Crippen LogP contribution in [0.15, 0.2) is 18.2 Å². The number of hydrogen-bond acceptors (Lipinski definition) is 1. The van der Waals surface area contributed by atoms with E-state index in [4.69, 9.17) is 4.74 Å². The molecule has 1 aliphatic carbocycles. The first kappa shape index (κ1) is 19.5. The molecule has 7 heteroatoms. The van der Waals surface area contributed by atoms with Crippen LogP contribution in [0.5, 0.6) is 5.75 Å². The first-order valence-electron chi connectivity index (χ1n) is 6.91. The van der Waals surface area contributed by atoms with Gasteiger partial charge < -0.3 is 17.7 Å². The van der Waals surface area contributed by atoms with E-state index in [-0.39, 0.29) is 63.2 Å². The van der Waals surface area contributed by atoms with Crippen molar-refractivity contribution in [2.24, 2.45) is 11.8 Å². The zero-order chi connectivity index (χ0) is 14.9. The van der Waals surface area contributed by atoms with Crippen molar-refractivity contribution in [1.82, 2.24) is 0 Å². The van der Waals surface area contributed by atoms with Crippen LogP contribution < -0.4 is 61.6 Å². The summed E-state index contributed by atoms with van der Waals surface area (Å²) >= 11 is 0. The van der Waals surface area contributed by atoms with Gasteiger partial charge in [-0.1, -0.05) is 25.4 Å². The van der Waals surface area contributed by atoms with Gasteiger partial charge in [0.05, 0.1) is 11.9 Å². The van der Waals surface area contributed by atoms with E-state index in [0.717, 1.165) is 24.6 Å². The second-order valence-corrected chi connectivity index (χ2v) is 5.91. The van der Waals surface area contributed by atoms with Crippen LogP contribution in [0.3, 0.4) is 0 Å². The third-order valence-corrected chi connectivity index (χ3v) is 3.76. The Bertz CT molecular complexity index is 471. The summed E-state index contributed by atoms with van der Waals surface area (Å²) in [7, 11) is 0. The van der Waals surface area contributed by atoms with Crippen LogP contribution in [0, 0.1) is 17.7 Å². The van der Waals surface area contributed by atoms with E-state index in [1.54, 1.807) is 0 Å². The Hall–Kier alpha value is 0.441. The van der Waals surface area contributed by atoms with E-state index in [0.29, 0.717) is 24.7 Å². The van der Waals surface area contributed by atoms with E-state index < -0.39 is 18.3 Å². The van der Waals surface area contributed by atoms with Gasteiger partial charge in [0.2, 0.25) is 0 Å². The van der Waals surface area contributed by atoms with E-state index in [2.05, 4.69) is 13.8 Å². The maximum atomic E-state index is 13.2. The molecular weight excluding hydrogens is 310 g/mol. The molecule has 0 amide bonds. The van der Waals surface area contributed by atoms with Crippen LogP contribution in [0.4, 0.5) is 17.3 Å². The van der Waals surface area contributed by atoms with Gasteiger partial charge in [0.1, 0.15) is 5.82 Å². The molecule has 0 saturated heterocycles. The van der Waals surface area contributed by atoms with Gasteiger partial charge >= 0.3 is 58.4 Å². The third-order valence-electron chi connectivity index (χ3n) is 3.76. The molecule has 1 saturated carbocycles. The number of halogens is 4. The molecule has 0 radical (unpaired) electrons. The number of benzene rings is 1. The summed E-state index contributed by atoms with van der Waals surface area (Å²) in [6, 6.07) is 2.43. The molecule has 0 bridgehead atoms. The predicted molar refractivity (Wildman–Crippen MR) is 71.7 cm³/mol. The van der Waals surface area contributed by atoms with Crippen molar-refractivity contribution < 1.29 is 73.5 Å². The van der Waals surface area contributed by atoms with Crippen LogP contribution >= 0.6 is 0 Å². The van der Waals surface area contributed by atoms with E-state index >= 15 is 0 Å². The molecule has 0 N–H and O–H groups in total. The molecule has 0 aliphatic heterocycles. The average molecular weight is 328 g/mol. The summed E-state index contributed by atoms with van der Waals surface area (Å²) in [4.78, 5) is 0. The largest absolute Gasteiger partial charge is 1.00 e. The molecule has 1 aliphatic rings. The molecule has 112 valence electrons. The van der Waals surface area contributed by atoms with Gasteiger partial charge in [-0.25, -0.2) is 4.39 Å². The number of rotatable bonds is 3. The zero-order valence-electron chi connectivity index (χ0n) is 12.6. The maximum Gasteiger partial charge on any atom is 1.00 e. The summed E-state index contributed by atoms with van der Waals surface area (Å²) in [5, 5.41) is 0. The van der Waals surface area contributed by atoms with Crippen molar-refractivity contribution in [3.8, 4) is 5.75 Å². The van der Waals surface area contributed by atoms with Crippen molar-refractivity contribution in [2.45, 2.75) is 39.2 Å². The number of hydrogen-bond donors (Lipinski definition) is 0. The van der Waals surface area contributed by atoms with Crippen molar-refractivity contribution >= 4 is 12.4 Å². The minimum absolute atomic E-state index is 0. The Morgan fingerprint density at radius 3 is 2.14 bits per heavy atom. The molecule has 2 atom stereocenters. The van der Waals surface area contributed by atoms with Gasteiger partial charge in [-0.3, -0.25) is 0 Å². The molecule has 0 heterocycles. The molecule has 1 fully saturated rings. The van der Waals surface area contributed by atoms with Crippen molar-refractivity contribution in [2.75, 3.05) is 0 Å². The molecule has 1 aromatic carbocycles. The Balaban J connectivity index is 0.00000220. The second kappa shape index (κ2) is 7.82. The van der Waals surface area contributed by atoms with Crippen LogP contribution in [-0.4, -0.2) is 13.1 Å². The third kappa shape index (κ3) is 5.53. The summed E-state index contributed by atoms with van der Waals surface area (Å²) < 4.78 is 57.5. The fourth-order valence-corrected chi connectivity index (χ4v) is 3.03. The molecule has 1 nitrogen and oxygen atoms in total. The predicted octanol–water partition coefficient (Wildman–Crippen LogP) is 1.09. The van der Waals surface area contributed by atoms with E-state index in [1.807, 2.05) is 0 Å². The Morgan fingerprint density at radius 2 is 1.62 bits per heavy atom. The fourth-order valence-electron chi connectivity index (χ4n) is 3.03. The maximum absolute atomic E-state index is 13.2. The second-order valence-electron chi connectivity index (χ2n) is 5.91. The Kier molecular flexibility index (Phi) is 7.25. The zero-order valence-corrected chi connectivity index (χ0v) is 15.7. The van der Waals surface area contributed by atoms with Crippen LogP contribution in [0.2, 0.25) is 0 Å². The van der Waals surface area contributed by atoms with Crippen molar-refractivity contribution in [1.29, 1.82) is 0 Å². The number of ether oxygens (including phenoxy) is 1. The SMILES string of the molecule is CC1CC(C)CC(Oc2cc(F)ccc2[B-](F)(F)F)C1.[K+]. The Morgan fingerprint density at radius 1 is 1.05 bits per heavy atom. The summed E-state index contributed by atoms with van der Waals surface area (Å²) in [5.74, 6) is -0.251. The quantitative estimate of drug-likeness (QED) is 0.596. The average Bonchev–Trinajstić information content (AvgIpc) is 2.25. The summed E-state index contributed by atoms with van der Waals surface area (Å²) in [5.41, 5.74) is -0.850. The first-order valence-corrected chi connectivity index (χ1v) is 6.91. The minimum atomic E-state index is -5.20. The van der Waals surface area contributed by atoms with Crippen molar-refractivity contribution in [3.05, 3.63) is 24.0 Å². The molecule has 1 aromatic rings. The van der Waals surface area contributed by atoms with Crippen LogP contribution in [0.1, 0.15) is 33.1 Å². The molecule has 0 aromatic heterocycles. The van der Waals surface area contributed by atoms with Crippen LogP contribution in [0.25, 0.3) is 0 Å². The van der Waals surface area contributed by atoms with E-state index in [1.165, 1.54) is 0 Å². The molecule has 2 unspecified atom stereocenters. The van der Waals surface area contributed by atoms with Gasteiger partial charge in [-0.15, -0.1) is 0 Å². The van der Waals surface area contributed by atoms with Gasteiger partial charge in [-0.2, -0.15) is 0 Å². The van der Waals surface area contributed by atoms with Crippen LogP contribution in [-0.2, 0) is 0 Å². The first-order chi connectivity index (χ1) is 9.25. The fraction of sp³-hybridized carbons (Fsp3) is 0.571. The Labute approximate surface area is 165 Å². The smallest absolute Gasteiger partial charge is 0.493 e. The topological polar surface area (TPSA) is 9.23 Å². The molecule has 2 rings (SSSR count). The minimum Gasteiger partial charge on any atom is -0.493 e. The molecular formula is C14H18BF4KO.